The first-order valence-corrected chi connectivity index (χ1v) is 10.4. The van der Waals surface area contributed by atoms with Crippen molar-refractivity contribution in [2.75, 3.05) is 0 Å². The molecule has 0 aliphatic carbocycles. The number of halogens is 1. The standard InChI is InChI=1S/C27H18BrN/c28-23-13-6-12-21(16-23)22-17-26(20-9-2-1-3-10-20)29-27(18-22)25-15-7-11-19-8-4-5-14-24(19)25/h1-18H. The largest absolute Gasteiger partial charge is 0.248 e. The van der Waals surface area contributed by atoms with E-state index >= 15 is 0 Å². The highest BCUT2D eigenvalue weighted by Crippen LogP contribution is 2.34. The van der Waals surface area contributed by atoms with E-state index in [1.54, 1.807) is 0 Å². The SMILES string of the molecule is Brc1cccc(-c2cc(-c3ccccc3)nc(-c3cccc4ccccc34)c2)c1. The van der Waals surface area contributed by atoms with Gasteiger partial charge in [-0.2, -0.15) is 0 Å². The topological polar surface area (TPSA) is 12.9 Å². The van der Waals surface area contributed by atoms with Gasteiger partial charge in [-0.15, -0.1) is 0 Å². The number of nitrogens with zero attached hydrogens (tertiary/aromatic N) is 1. The molecular weight excluding hydrogens is 418 g/mol. The van der Waals surface area contributed by atoms with Gasteiger partial charge in [-0.3, -0.25) is 0 Å². The summed E-state index contributed by atoms with van der Waals surface area (Å²) < 4.78 is 1.07. The molecule has 1 nitrogen and oxygen atoms in total. The molecule has 0 atom stereocenters. The molecule has 0 saturated heterocycles. The molecule has 0 bridgehead atoms. The average molecular weight is 436 g/mol. The van der Waals surface area contributed by atoms with E-state index in [1.807, 2.05) is 6.07 Å². The zero-order chi connectivity index (χ0) is 19.6. The van der Waals surface area contributed by atoms with Crippen molar-refractivity contribution in [3.05, 3.63) is 114 Å². The Morgan fingerprint density at radius 2 is 1.21 bits per heavy atom. The molecule has 5 rings (SSSR count). The Hall–Kier alpha value is -3.23. The molecule has 0 radical (unpaired) electrons. The third kappa shape index (κ3) is 3.59. The molecule has 0 unspecified atom stereocenters. The van der Waals surface area contributed by atoms with Crippen LogP contribution in [0.15, 0.2) is 114 Å². The Bertz CT molecular complexity index is 1300. The molecule has 4 aromatic carbocycles. The maximum absolute atomic E-state index is 5.06. The summed E-state index contributed by atoms with van der Waals surface area (Å²) in [6.07, 6.45) is 0. The van der Waals surface area contributed by atoms with E-state index in [4.69, 9.17) is 4.98 Å². The van der Waals surface area contributed by atoms with E-state index in [9.17, 15) is 0 Å². The number of hydrogen-bond donors (Lipinski definition) is 0. The predicted octanol–water partition coefficient (Wildman–Crippen LogP) is 8.00. The molecule has 29 heavy (non-hydrogen) atoms. The number of fused-ring (bicyclic) bond motifs is 1. The molecule has 0 spiro atoms. The van der Waals surface area contributed by atoms with E-state index in [2.05, 4.69) is 119 Å². The van der Waals surface area contributed by atoms with Crippen LogP contribution in [0.1, 0.15) is 0 Å². The van der Waals surface area contributed by atoms with Gasteiger partial charge in [0, 0.05) is 15.6 Å². The van der Waals surface area contributed by atoms with Crippen LogP contribution >= 0.6 is 15.9 Å². The second-order valence-corrected chi connectivity index (χ2v) is 7.95. The summed E-state index contributed by atoms with van der Waals surface area (Å²) in [6, 6.07) is 38.0. The van der Waals surface area contributed by atoms with E-state index in [-0.39, 0.29) is 0 Å². The first kappa shape index (κ1) is 17.8. The van der Waals surface area contributed by atoms with E-state index < -0.39 is 0 Å². The van der Waals surface area contributed by atoms with Gasteiger partial charge in [0.2, 0.25) is 0 Å². The Kier molecular flexibility index (Phi) is 4.71. The van der Waals surface area contributed by atoms with Crippen molar-refractivity contribution in [3.63, 3.8) is 0 Å². The monoisotopic (exact) mass is 435 g/mol. The molecule has 5 aromatic rings. The fourth-order valence-electron chi connectivity index (χ4n) is 3.71. The van der Waals surface area contributed by atoms with Gasteiger partial charge in [0.1, 0.15) is 0 Å². The van der Waals surface area contributed by atoms with Crippen LogP contribution in [0.3, 0.4) is 0 Å². The highest BCUT2D eigenvalue weighted by atomic mass is 79.9. The van der Waals surface area contributed by atoms with Gasteiger partial charge in [0.25, 0.3) is 0 Å². The molecule has 1 heterocycles. The smallest absolute Gasteiger partial charge is 0.0721 e. The van der Waals surface area contributed by atoms with Gasteiger partial charge in [0.15, 0.2) is 0 Å². The predicted molar refractivity (Wildman–Crippen MR) is 126 cm³/mol. The summed E-state index contributed by atoms with van der Waals surface area (Å²) in [7, 11) is 0. The maximum Gasteiger partial charge on any atom is 0.0721 e. The second kappa shape index (κ2) is 7.65. The van der Waals surface area contributed by atoms with Gasteiger partial charge >= 0.3 is 0 Å². The fourth-order valence-corrected chi connectivity index (χ4v) is 4.11. The lowest BCUT2D eigenvalue weighted by molar-refractivity contribution is 1.33. The Labute approximate surface area is 178 Å². The van der Waals surface area contributed by atoms with E-state index in [0.717, 1.165) is 32.6 Å². The quantitative estimate of drug-likeness (QED) is 0.279. The van der Waals surface area contributed by atoms with Crippen LogP contribution in [-0.4, -0.2) is 4.98 Å². The first-order chi connectivity index (χ1) is 14.3. The normalized spacial score (nSPS) is 10.9. The summed E-state index contributed by atoms with van der Waals surface area (Å²) in [4.78, 5) is 5.06. The number of aromatic nitrogens is 1. The lowest BCUT2D eigenvalue weighted by Gasteiger charge is -2.12. The van der Waals surface area contributed by atoms with Crippen molar-refractivity contribution in [2.24, 2.45) is 0 Å². The Morgan fingerprint density at radius 3 is 2.07 bits per heavy atom. The molecule has 0 N–H and O–H groups in total. The minimum Gasteiger partial charge on any atom is -0.248 e. The summed E-state index contributed by atoms with van der Waals surface area (Å²) in [6.45, 7) is 0. The van der Waals surface area contributed by atoms with Crippen molar-refractivity contribution < 1.29 is 0 Å². The maximum atomic E-state index is 5.06. The molecule has 0 fully saturated rings. The van der Waals surface area contributed by atoms with Crippen molar-refractivity contribution in [2.45, 2.75) is 0 Å². The molecule has 0 aliphatic rings. The Morgan fingerprint density at radius 1 is 0.517 bits per heavy atom. The number of benzene rings is 4. The zero-order valence-corrected chi connectivity index (χ0v) is 17.3. The number of rotatable bonds is 3. The van der Waals surface area contributed by atoms with Crippen molar-refractivity contribution in [1.29, 1.82) is 0 Å². The summed E-state index contributed by atoms with van der Waals surface area (Å²) in [5, 5.41) is 2.44. The summed E-state index contributed by atoms with van der Waals surface area (Å²) >= 11 is 3.60. The molecule has 138 valence electrons. The lowest BCUT2D eigenvalue weighted by atomic mass is 9.97. The highest BCUT2D eigenvalue weighted by Gasteiger charge is 2.11. The molecule has 2 heteroatoms. The van der Waals surface area contributed by atoms with Crippen molar-refractivity contribution in [1.82, 2.24) is 4.98 Å². The fraction of sp³-hybridized carbons (Fsp3) is 0. The van der Waals surface area contributed by atoms with Gasteiger partial charge < -0.3 is 0 Å². The van der Waals surface area contributed by atoms with Gasteiger partial charge in [-0.1, -0.05) is 101 Å². The van der Waals surface area contributed by atoms with E-state index in [1.165, 1.54) is 16.3 Å². The van der Waals surface area contributed by atoms with Crippen LogP contribution in [0.4, 0.5) is 0 Å². The van der Waals surface area contributed by atoms with Crippen LogP contribution < -0.4 is 0 Å². The molecule has 0 amide bonds. The van der Waals surface area contributed by atoms with Crippen LogP contribution in [-0.2, 0) is 0 Å². The van der Waals surface area contributed by atoms with Crippen LogP contribution in [0.5, 0.6) is 0 Å². The van der Waals surface area contributed by atoms with Crippen LogP contribution in [0.2, 0.25) is 0 Å². The summed E-state index contributed by atoms with van der Waals surface area (Å²) in [5.74, 6) is 0. The second-order valence-electron chi connectivity index (χ2n) is 7.03. The van der Waals surface area contributed by atoms with E-state index in [0.29, 0.717) is 0 Å². The van der Waals surface area contributed by atoms with Crippen molar-refractivity contribution >= 4 is 26.7 Å². The molecular formula is C27H18BrN. The molecule has 0 saturated carbocycles. The van der Waals surface area contributed by atoms with Gasteiger partial charge in [0.05, 0.1) is 11.4 Å². The number of pyridine rings is 1. The molecule has 0 aliphatic heterocycles. The third-order valence-electron chi connectivity index (χ3n) is 5.12. The number of hydrogen-bond acceptors (Lipinski definition) is 1. The third-order valence-corrected chi connectivity index (χ3v) is 5.61. The van der Waals surface area contributed by atoms with Gasteiger partial charge in [-0.05, 0) is 46.2 Å². The first-order valence-electron chi connectivity index (χ1n) is 9.59. The van der Waals surface area contributed by atoms with Crippen molar-refractivity contribution in [3.8, 4) is 33.6 Å². The highest BCUT2D eigenvalue weighted by molar-refractivity contribution is 9.10. The minimum absolute atomic E-state index is 0.978. The zero-order valence-electron chi connectivity index (χ0n) is 15.7. The summed E-state index contributed by atoms with van der Waals surface area (Å²) in [5.41, 5.74) is 6.55. The van der Waals surface area contributed by atoms with Crippen LogP contribution in [0.25, 0.3) is 44.4 Å². The molecule has 1 aromatic heterocycles. The average Bonchev–Trinajstić information content (AvgIpc) is 2.79. The van der Waals surface area contributed by atoms with Gasteiger partial charge in [-0.25, -0.2) is 4.98 Å². The van der Waals surface area contributed by atoms with Crippen LogP contribution in [0, 0.1) is 0 Å². The Balaban J connectivity index is 1.78. The lowest BCUT2D eigenvalue weighted by Crippen LogP contribution is -1.92. The minimum atomic E-state index is 0.978.